The van der Waals surface area contributed by atoms with Crippen molar-refractivity contribution < 1.29 is 4.79 Å². The van der Waals surface area contributed by atoms with Crippen LogP contribution in [-0.2, 0) is 0 Å². The quantitative estimate of drug-likeness (QED) is 0.185. The number of hydrogen-bond acceptors (Lipinski definition) is 7. The first-order valence-corrected chi connectivity index (χ1v) is 10.5. The first-order chi connectivity index (χ1) is 15.5. The number of aromatic amines is 1. The zero-order chi connectivity index (χ0) is 22.2. The van der Waals surface area contributed by atoms with E-state index >= 15 is 0 Å². The molecule has 0 fully saturated rings. The van der Waals surface area contributed by atoms with Gasteiger partial charge in [0, 0.05) is 44.8 Å². The van der Waals surface area contributed by atoms with Crippen molar-refractivity contribution in [1.29, 1.82) is 5.41 Å². The van der Waals surface area contributed by atoms with E-state index in [9.17, 15) is 4.79 Å². The molecule has 32 heavy (non-hydrogen) atoms. The van der Waals surface area contributed by atoms with Crippen LogP contribution in [0.25, 0.3) is 33.2 Å². The number of aromatic nitrogens is 4. The Morgan fingerprint density at radius 2 is 1.88 bits per heavy atom. The number of nitrogens with two attached hydrogens (primary N) is 2. The summed E-state index contributed by atoms with van der Waals surface area (Å²) in [5, 5.41) is 9.80. The number of H-pyrrole nitrogens is 1. The van der Waals surface area contributed by atoms with Crippen molar-refractivity contribution in [3.05, 3.63) is 72.1 Å². The molecular weight excluding hydrogens is 422 g/mol. The number of carbonyl (C=O) groups excluding carboxylic acids is 1. The molecule has 3 heterocycles. The van der Waals surface area contributed by atoms with Gasteiger partial charge in [-0.15, -0.1) is 0 Å². The van der Waals surface area contributed by atoms with E-state index in [1.54, 1.807) is 24.4 Å². The molecule has 156 valence electrons. The number of fused-ring (bicyclic) bond motifs is 3. The number of pyridine rings is 1. The molecule has 1 amide bonds. The Labute approximate surface area is 186 Å². The van der Waals surface area contributed by atoms with E-state index < -0.39 is 5.91 Å². The first-order valence-electron chi connectivity index (χ1n) is 9.66. The largest absolute Gasteiger partial charge is 0.398 e. The maximum Gasteiger partial charge on any atom is 0.269 e. The zero-order valence-corrected chi connectivity index (χ0v) is 17.5. The second kappa shape index (κ2) is 7.78. The minimum absolute atomic E-state index is 0.0964. The Bertz CT molecular complexity index is 1510. The lowest BCUT2D eigenvalue weighted by atomic mass is 10.0. The van der Waals surface area contributed by atoms with Crippen LogP contribution in [0.1, 0.15) is 16.1 Å². The van der Waals surface area contributed by atoms with E-state index in [-0.39, 0.29) is 5.69 Å². The molecule has 0 saturated carbocycles. The number of carbonyl (C=O) groups is 1. The lowest BCUT2D eigenvalue weighted by molar-refractivity contribution is 0.0997. The van der Waals surface area contributed by atoms with Gasteiger partial charge in [-0.2, -0.15) is 0 Å². The number of anilines is 1. The third-order valence-electron chi connectivity index (χ3n) is 5.05. The predicted octanol–water partition coefficient (Wildman–Crippen LogP) is 4.00. The average molecular weight is 440 g/mol. The molecule has 5 rings (SSSR count). The smallest absolute Gasteiger partial charge is 0.269 e. The van der Waals surface area contributed by atoms with Crippen LogP contribution < -0.4 is 11.5 Å². The average Bonchev–Trinajstić information content (AvgIpc) is 3.18. The van der Waals surface area contributed by atoms with Gasteiger partial charge in [0.05, 0.1) is 16.9 Å². The van der Waals surface area contributed by atoms with Crippen LogP contribution in [-0.4, -0.2) is 32.1 Å². The molecule has 5 aromatic rings. The molecule has 3 aromatic heterocycles. The summed E-state index contributed by atoms with van der Waals surface area (Å²) in [6.07, 6.45) is 2.86. The van der Waals surface area contributed by atoms with Gasteiger partial charge in [0.1, 0.15) is 0 Å². The standard InChI is InChI=1S/C23H17N7OS/c24-11-14-15(25)6-7-17-19(14)13-10-18(29-21(22(26)31)20(13)28-17)16-8-9-27-23(30-16)32-12-4-2-1-3-5-12/h1-11,24,28H,25H2,(H2,26,31). The molecular formula is C23H17N7OS. The highest BCUT2D eigenvalue weighted by Crippen LogP contribution is 2.34. The fourth-order valence-electron chi connectivity index (χ4n) is 3.63. The van der Waals surface area contributed by atoms with Crippen molar-refractivity contribution in [2.24, 2.45) is 5.73 Å². The maximum atomic E-state index is 12.2. The number of nitrogens with zero attached hydrogens (tertiary/aromatic N) is 3. The van der Waals surface area contributed by atoms with Crippen LogP contribution in [0.5, 0.6) is 0 Å². The summed E-state index contributed by atoms with van der Waals surface area (Å²) >= 11 is 1.43. The van der Waals surface area contributed by atoms with Gasteiger partial charge in [0.2, 0.25) is 0 Å². The Kier molecular flexibility index (Phi) is 4.79. The van der Waals surface area contributed by atoms with Crippen molar-refractivity contribution in [2.75, 3.05) is 5.73 Å². The van der Waals surface area contributed by atoms with Gasteiger partial charge in [-0.25, -0.2) is 15.0 Å². The summed E-state index contributed by atoms with van der Waals surface area (Å²) < 4.78 is 0. The van der Waals surface area contributed by atoms with Gasteiger partial charge >= 0.3 is 0 Å². The van der Waals surface area contributed by atoms with E-state index in [0.29, 0.717) is 38.7 Å². The SMILES string of the molecule is N=Cc1c(N)ccc2[nH]c3c(C(N)=O)nc(-c4ccnc(Sc5ccccc5)n4)cc3c12. The minimum atomic E-state index is -0.666. The second-order valence-corrected chi connectivity index (χ2v) is 8.08. The summed E-state index contributed by atoms with van der Waals surface area (Å²) in [5.41, 5.74) is 15.1. The maximum absolute atomic E-state index is 12.2. The van der Waals surface area contributed by atoms with Crippen LogP contribution in [0, 0.1) is 5.41 Å². The molecule has 0 saturated heterocycles. The molecule has 0 bridgehead atoms. The van der Waals surface area contributed by atoms with Crippen molar-refractivity contribution in [1.82, 2.24) is 19.9 Å². The van der Waals surface area contributed by atoms with Crippen molar-refractivity contribution >= 4 is 51.4 Å². The molecule has 0 atom stereocenters. The third kappa shape index (κ3) is 3.34. The minimum Gasteiger partial charge on any atom is -0.398 e. The van der Waals surface area contributed by atoms with Gasteiger partial charge < -0.3 is 21.9 Å². The van der Waals surface area contributed by atoms with Gasteiger partial charge in [0.15, 0.2) is 10.9 Å². The van der Waals surface area contributed by atoms with Crippen molar-refractivity contribution in [3.63, 3.8) is 0 Å². The fraction of sp³-hybridized carbons (Fsp3) is 0. The summed E-state index contributed by atoms with van der Waals surface area (Å²) in [5.74, 6) is -0.666. The molecule has 8 nitrogen and oxygen atoms in total. The van der Waals surface area contributed by atoms with Gasteiger partial charge in [0.25, 0.3) is 5.91 Å². The van der Waals surface area contributed by atoms with Gasteiger partial charge in [-0.05, 0) is 48.2 Å². The van der Waals surface area contributed by atoms with Gasteiger partial charge in [-0.1, -0.05) is 18.2 Å². The number of nitrogens with one attached hydrogen (secondary N) is 2. The zero-order valence-electron chi connectivity index (χ0n) is 16.7. The number of amides is 1. The van der Waals surface area contributed by atoms with Crippen LogP contribution in [0.15, 0.2) is 70.8 Å². The van der Waals surface area contributed by atoms with Gasteiger partial charge in [-0.3, -0.25) is 4.79 Å². The second-order valence-electron chi connectivity index (χ2n) is 7.04. The van der Waals surface area contributed by atoms with Crippen LogP contribution in [0.4, 0.5) is 5.69 Å². The summed E-state index contributed by atoms with van der Waals surface area (Å²) in [4.78, 5) is 29.9. The van der Waals surface area contributed by atoms with E-state index in [0.717, 1.165) is 15.8 Å². The first kappa shape index (κ1) is 19.7. The number of hydrogen-bond donors (Lipinski definition) is 4. The molecule has 6 N–H and O–H groups in total. The van der Waals surface area contributed by atoms with E-state index in [2.05, 4.69) is 19.9 Å². The summed E-state index contributed by atoms with van der Waals surface area (Å²) in [6, 6.07) is 16.9. The molecule has 2 aromatic carbocycles. The summed E-state index contributed by atoms with van der Waals surface area (Å²) in [7, 11) is 0. The monoisotopic (exact) mass is 439 g/mol. The molecule has 0 aliphatic rings. The van der Waals surface area contributed by atoms with Crippen LogP contribution >= 0.6 is 11.8 Å². The normalized spacial score (nSPS) is 11.1. The van der Waals surface area contributed by atoms with Crippen molar-refractivity contribution in [3.8, 4) is 11.4 Å². The number of benzene rings is 2. The number of rotatable bonds is 5. The number of primary amides is 1. The molecule has 0 aliphatic carbocycles. The Morgan fingerprint density at radius 1 is 1.06 bits per heavy atom. The fourth-order valence-corrected chi connectivity index (χ4v) is 4.39. The molecule has 0 unspecified atom stereocenters. The number of nitrogen functional groups attached to an aromatic ring is 1. The lowest BCUT2D eigenvalue weighted by Crippen LogP contribution is -2.14. The molecule has 0 radical (unpaired) electrons. The Hall–Kier alpha value is -4.24. The highest BCUT2D eigenvalue weighted by Gasteiger charge is 2.19. The Morgan fingerprint density at radius 3 is 2.62 bits per heavy atom. The predicted molar refractivity (Wildman–Crippen MR) is 126 cm³/mol. The molecule has 0 aliphatic heterocycles. The molecule has 0 spiro atoms. The lowest BCUT2D eigenvalue weighted by Gasteiger charge is -2.07. The molecule has 9 heteroatoms. The highest BCUT2D eigenvalue weighted by molar-refractivity contribution is 7.99. The van der Waals surface area contributed by atoms with Crippen LogP contribution in [0.3, 0.4) is 0 Å². The summed E-state index contributed by atoms with van der Waals surface area (Å²) in [6.45, 7) is 0. The van der Waals surface area contributed by atoms with E-state index in [4.69, 9.17) is 16.9 Å². The van der Waals surface area contributed by atoms with Crippen molar-refractivity contribution in [2.45, 2.75) is 10.1 Å². The van der Waals surface area contributed by atoms with Crippen LogP contribution in [0.2, 0.25) is 0 Å². The third-order valence-corrected chi connectivity index (χ3v) is 5.94. The topological polar surface area (TPSA) is 147 Å². The van der Waals surface area contributed by atoms with E-state index in [1.807, 2.05) is 36.4 Å². The Balaban J connectivity index is 1.72. The van der Waals surface area contributed by atoms with E-state index in [1.165, 1.54) is 18.0 Å². The highest BCUT2D eigenvalue weighted by atomic mass is 32.2.